The zero-order valence-electron chi connectivity index (χ0n) is 21.5. The number of ether oxygens (including phenoxy) is 2. The summed E-state index contributed by atoms with van der Waals surface area (Å²) in [7, 11) is -3.00. The number of carboxylic acid groups (broad SMARTS) is 1. The Balaban J connectivity index is 1.27. The number of benzene rings is 2. The smallest absolute Gasteiger partial charge is 0.307 e. The van der Waals surface area contributed by atoms with Gasteiger partial charge in [0, 0.05) is 24.4 Å². The Morgan fingerprint density at radius 3 is 2.71 bits per heavy atom. The van der Waals surface area contributed by atoms with Crippen LogP contribution in [0.25, 0.3) is 11.1 Å². The maximum absolute atomic E-state index is 11.4. The molecule has 5 rings (SSSR count). The third kappa shape index (κ3) is 5.54. The number of aliphatic carboxylic acids is 1. The van der Waals surface area contributed by atoms with Gasteiger partial charge in [-0.3, -0.25) is 4.79 Å². The van der Waals surface area contributed by atoms with Crippen LogP contribution in [0.15, 0.2) is 42.6 Å². The van der Waals surface area contributed by atoms with Crippen molar-refractivity contribution in [1.82, 2.24) is 4.98 Å². The molecule has 38 heavy (non-hydrogen) atoms. The molecule has 0 spiro atoms. The molecule has 2 aliphatic rings. The zero-order valence-corrected chi connectivity index (χ0v) is 24.5. The van der Waals surface area contributed by atoms with Crippen molar-refractivity contribution >= 4 is 38.4 Å². The van der Waals surface area contributed by atoms with E-state index in [2.05, 4.69) is 53.6 Å². The summed E-state index contributed by atoms with van der Waals surface area (Å²) in [6, 6.07) is 12.2. The van der Waals surface area contributed by atoms with Crippen LogP contribution in [0.4, 0.5) is 0 Å². The molecule has 2 aromatic carbocycles. The van der Waals surface area contributed by atoms with Gasteiger partial charge in [0.1, 0.15) is 22.2 Å². The highest BCUT2D eigenvalue weighted by Gasteiger charge is 2.59. The number of aryl methyl sites for hydroxylation is 1. The molecule has 2 aliphatic carbocycles. The van der Waals surface area contributed by atoms with Gasteiger partial charge in [0.25, 0.3) is 0 Å². The molecule has 1 heterocycles. The summed E-state index contributed by atoms with van der Waals surface area (Å²) < 4.78 is 35.7. The zero-order chi connectivity index (χ0) is 27.2. The van der Waals surface area contributed by atoms with Gasteiger partial charge in [0.15, 0.2) is 0 Å². The van der Waals surface area contributed by atoms with Gasteiger partial charge in [-0.05, 0) is 106 Å². The van der Waals surface area contributed by atoms with Crippen LogP contribution < -0.4 is 9.47 Å². The van der Waals surface area contributed by atoms with Crippen molar-refractivity contribution in [3.63, 3.8) is 0 Å². The van der Waals surface area contributed by atoms with Crippen molar-refractivity contribution in [2.45, 2.75) is 39.2 Å². The predicted octanol–water partition coefficient (Wildman–Crippen LogP) is 5.33. The number of halogens is 1. The number of hydrogen-bond donors (Lipinski definition) is 1. The summed E-state index contributed by atoms with van der Waals surface area (Å²) in [5.41, 5.74) is 7.65. The number of pyridine rings is 1. The number of sulfone groups is 1. The van der Waals surface area contributed by atoms with E-state index in [1.807, 2.05) is 24.3 Å². The third-order valence-corrected chi connectivity index (χ3v) is 9.82. The normalized spacial score (nSPS) is 19.5. The molecule has 0 saturated heterocycles. The van der Waals surface area contributed by atoms with Crippen molar-refractivity contribution in [2.24, 2.45) is 11.8 Å². The molecule has 3 atom stereocenters. The molecule has 1 fully saturated rings. The van der Waals surface area contributed by atoms with E-state index in [4.69, 9.17) is 9.47 Å². The maximum atomic E-state index is 11.4. The molecule has 3 aromatic rings. The summed E-state index contributed by atoms with van der Waals surface area (Å²) in [4.78, 5) is 15.8. The van der Waals surface area contributed by atoms with Crippen LogP contribution in [0.1, 0.15) is 40.2 Å². The second kappa shape index (κ2) is 10.5. The molecule has 0 bridgehead atoms. The topological polar surface area (TPSA) is 103 Å². The standard InChI is InChI=1S/C29H30INO6S/c1-16-10-23(36-8-5-9-38(3,34)35)28(30)17(2)25(16)19-7-4-6-18(11-19)15-37-24-13-20-12-21-26(22(20)14-31-24)27(21)29(32)33/h4,6-7,10-11,13-14,21,26-27H,5,8-9,12,15H2,1-3H3,(H,32,33)/t21?,26?,27-/m0/s1. The molecule has 0 radical (unpaired) electrons. The lowest BCUT2D eigenvalue weighted by molar-refractivity contribution is -0.139. The average Bonchev–Trinajstić information content (AvgIpc) is 3.45. The second-order valence-corrected chi connectivity index (χ2v) is 13.6. The van der Waals surface area contributed by atoms with Gasteiger partial charge < -0.3 is 14.6 Å². The fourth-order valence-electron chi connectivity index (χ4n) is 5.63. The van der Waals surface area contributed by atoms with Crippen molar-refractivity contribution in [3.05, 3.63) is 74.0 Å². The quantitative estimate of drug-likeness (QED) is 0.235. The van der Waals surface area contributed by atoms with E-state index in [1.54, 1.807) is 6.20 Å². The van der Waals surface area contributed by atoms with Crippen LogP contribution in [0.2, 0.25) is 0 Å². The van der Waals surface area contributed by atoms with E-state index < -0.39 is 15.8 Å². The minimum absolute atomic E-state index is 0.110. The summed E-state index contributed by atoms with van der Waals surface area (Å²) in [5, 5.41) is 9.32. The highest BCUT2D eigenvalue weighted by molar-refractivity contribution is 14.1. The maximum Gasteiger partial charge on any atom is 0.307 e. The van der Waals surface area contributed by atoms with E-state index in [1.165, 1.54) is 6.26 Å². The number of nitrogens with zero attached hydrogens (tertiary/aromatic N) is 1. The highest BCUT2D eigenvalue weighted by atomic mass is 127. The first-order chi connectivity index (χ1) is 18.0. The molecule has 0 amide bonds. The number of fused-ring (bicyclic) bond motifs is 3. The molecule has 0 aliphatic heterocycles. The van der Waals surface area contributed by atoms with Crippen LogP contribution in [0, 0.1) is 29.3 Å². The predicted molar refractivity (Wildman–Crippen MR) is 154 cm³/mol. The van der Waals surface area contributed by atoms with E-state index in [9.17, 15) is 18.3 Å². The number of aromatic nitrogens is 1. The SMILES string of the molecule is Cc1cc(OCCCS(C)(=O)=O)c(I)c(C)c1-c1cccc(COc2cc3c(cn2)C2C(C3)[C@@H]2C(=O)O)c1. The van der Waals surface area contributed by atoms with Crippen LogP contribution >= 0.6 is 22.6 Å². The largest absolute Gasteiger partial charge is 0.492 e. The first-order valence-electron chi connectivity index (χ1n) is 12.6. The highest BCUT2D eigenvalue weighted by Crippen LogP contribution is 2.61. The second-order valence-electron chi connectivity index (χ2n) is 10.3. The molecule has 1 saturated carbocycles. The monoisotopic (exact) mass is 647 g/mol. The minimum Gasteiger partial charge on any atom is -0.492 e. The van der Waals surface area contributed by atoms with Crippen LogP contribution in [-0.4, -0.2) is 43.1 Å². The molecule has 1 aromatic heterocycles. The summed E-state index contributed by atoms with van der Waals surface area (Å²) in [6.45, 7) is 4.86. The Hall–Kier alpha value is -2.66. The van der Waals surface area contributed by atoms with Crippen molar-refractivity contribution in [3.8, 4) is 22.8 Å². The Labute approximate surface area is 236 Å². The van der Waals surface area contributed by atoms with Gasteiger partial charge in [0.05, 0.1) is 21.8 Å². The Morgan fingerprint density at radius 1 is 1.18 bits per heavy atom. The number of carbonyl (C=O) groups is 1. The molecule has 1 N–H and O–H groups in total. The number of hydrogen-bond acceptors (Lipinski definition) is 6. The van der Waals surface area contributed by atoms with E-state index in [-0.39, 0.29) is 23.5 Å². The lowest BCUT2D eigenvalue weighted by Crippen LogP contribution is -2.09. The van der Waals surface area contributed by atoms with Gasteiger partial charge in [0.2, 0.25) is 5.88 Å². The van der Waals surface area contributed by atoms with E-state index in [0.29, 0.717) is 25.5 Å². The summed E-state index contributed by atoms with van der Waals surface area (Å²) in [5.74, 6) is 0.789. The first-order valence-corrected chi connectivity index (χ1v) is 15.7. The lowest BCUT2D eigenvalue weighted by Gasteiger charge is -2.17. The number of carboxylic acids is 1. The fraction of sp³-hybridized carbons (Fsp3) is 0.379. The lowest BCUT2D eigenvalue weighted by atomic mass is 9.94. The minimum atomic E-state index is -3.00. The molecule has 9 heteroatoms. The van der Waals surface area contributed by atoms with Crippen molar-refractivity contribution < 1.29 is 27.8 Å². The van der Waals surface area contributed by atoms with E-state index in [0.717, 1.165) is 54.7 Å². The van der Waals surface area contributed by atoms with Gasteiger partial charge in [-0.2, -0.15) is 0 Å². The van der Waals surface area contributed by atoms with Gasteiger partial charge in [-0.1, -0.05) is 18.2 Å². The Kier molecular flexibility index (Phi) is 7.43. The molecule has 200 valence electrons. The molecular weight excluding hydrogens is 617 g/mol. The van der Waals surface area contributed by atoms with Crippen LogP contribution in [-0.2, 0) is 27.7 Å². The van der Waals surface area contributed by atoms with Crippen LogP contribution in [0.5, 0.6) is 11.6 Å². The fourth-order valence-corrected chi connectivity index (χ4v) is 6.86. The third-order valence-electron chi connectivity index (χ3n) is 7.45. The van der Waals surface area contributed by atoms with Crippen LogP contribution in [0.3, 0.4) is 0 Å². The summed E-state index contributed by atoms with van der Waals surface area (Å²) in [6.07, 6.45) is 4.26. The molecule has 7 nitrogen and oxygen atoms in total. The van der Waals surface area contributed by atoms with Gasteiger partial charge >= 0.3 is 5.97 Å². The molecule has 2 unspecified atom stereocenters. The van der Waals surface area contributed by atoms with Crippen molar-refractivity contribution in [2.75, 3.05) is 18.6 Å². The Morgan fingerprint density at radius 2 is 1.97 bits per heavy atom. The molecular formula is C29H30INO6S. The van der Waals surface area contributed by atoms with Crippen molar-refractivity contribution in [1.29, 1.82) is 0 Å². The average molecular weight is 648 g/mol. The summed E-state index contributed by atoms with van der Waals surface area (Å²) >= 11 is 2.29. The Bertz CT molecular complexity index is 1520. The number of rotatable bonds is 10. The van der Waals surface area contributed by atoms with E-state index >= 15 is 0 Å². The van der Waals surface area contributed by atoms with Gasteiger partial charge in [-0.25, -0.2) is 13.4 Å². The first kappa shape index (κ1) is 26.9. The van der Waals surface area contributed by atoms with Gasteiger partial charge in [-0.15, -0.1) is 0 Å².